The number of hydrogen-bond donors (Lipinski definition) is 1. The highest BCUT2D eigenvalue weighted by molar-refractivity contribution is 5.83. The molecule has 134 valence electrons. The fourth-order valence-corrected chi connectivity index (χ4v) is 2.79. The third-order valence-corrected chi connectivity index (χ3v) is 3.90. The van der Waals surface area contributed by atoms with Crippen molar-refractivity contribution in [3.8, 4) is 0 Å². The third-order valence-electron chi connectivity index (χ3n) is 3.90. The number of likely N-dealkylation sites (N-methyl/N-ethyl adjacent to an activating group) is 1. The van der Waals surface area contributed by atoms with Crippen LogP contribution >= 0.6 is 0 Å². The van der Waals surface area contributed by atoms with Crippen LogP contribution in [0.1, 0.15) is 18.6 Å². The average molecular weight is 347 g/mol. The fraction of sp³-hybridized carbons (Fsp3) is 0.600. The molecule has 1 N–H and O–H groups in total. The van der Waals surface area contributed by atoms with Crippen molar-refractivity contribution in [1.29, 1.82) is 0 Å². The standard InChI is InChI=1S/C15H20F3N3O3/c1-19-14(23)12-5-2-6-20(12)9-13(22)21(10-15(16,17)18)8-11-4-3-7-24-11/h3-4,7,12H,2,5-6,8-10H2,1H3,(H,19,23). The minimum absolute atomic E-state index is 0.227. The number of amides is 2. The van der Waals surface area contributed by atoms with Gasteiger partial charge in [0.1, 0.15) is 12.3 Å². The quantitative estimate of drug-likeness (QED) is 0.844. The summed E-state index contributed by atoms with van der Waals surface area (Å²) in [5.41, 5.74) is 0. The lowest BCUT2D eigenvalue weighted by atomic mass is 10.2. The molecule has 1 aliphatic heterocycles. The monoisotopic (exact) mass is 347 g/mol. The highest BCUT2D eigenvalue weighted by atomic mass is 19.4. The van der Waals surface area contributed by atoms with Crippen LogP contribution in [0, 0.1) is 0 Å². The molecule has 2 heterocycles. The van der Waals surface area contributed by atoms with Gasteiger partial charge in [-0.3, -0.25) is 14.5 Å². The predicted octanol–water partition coefficient (Wildman–Crippen LogP) is 1.38. The molecule has 0 spiro atoms. The SMILES string of the molecule is CNC(=O)C1CCCN1CC(=O)N(Cc1ccco1)CC(F)(F)F. The van der Waals surface area contributed by atoms with E-state index in [2.05, 4.69) is 5.32 Å². The number of carbonyl (C=O) groups is 2. The van der Waals surface area contributed by atoms with Gasteiger partial charge in [0.2, 0.25) is 11.8 Å². The Morgan fingerprint density at radius 2 is 2.21 bits per heavy atom. The van der Waals surface area contributed by atoms with E-state index < -0.39 is 24.7 Å². The van der Waals surface area contributed by atoms with Gasteiger partial charge in [-0.1, -0.05) is 0 Å². The van der Waals surface area contributed by atoms with Crippen LogP contribution in [0.5, 0.6) is 0 Å². The van der Waals surface area contributed by atoms with E-state index in [4.69, 9.17) is 4.42 Å². The lowest BCUT2D eigenvalue weighted by Gasteiger charge is -2.28. The van der Waals surface area contributed by atoms with E-state index in [0.29, 0.717) is 17.9 Å². The number of alkyl halides is 3. The van der Waals surface area contributed by atoms with Crippen molar-refractivity contribution in [2.24, 2.45) is 0 Å². The highest BCUT2D eigenvalue weighted by Crippen LogP contribution is 2.21. The largest absolute Gasteiger partial charge is 0.467 e. The van der Waals surface area contributed by atoms with E-state index in [9.17, 15) is 22.8 Å². The lowest BCUT2D eigenvalue weighted by molar-refractivity contribution is -0.163. The summed E-state index contributed by atoms with van der Waals surface area (Å²) < 4.78 is 43.3. The van der Waals surface area contributed by atoms with Crippen LogP contribution in [-0.4, -0.2) is 60.5 Å². The van der Waals surface area contributed by atoms with Crippen LogP contribution in [-0.2, 0) is 16.1 Å². The van der Waals surface area contributed by atoms with Gasteiger partial charge in [0.05, 0.1) is 25.4 Å². The minimum Gasteiger partial charge on any atom is -0.467 e. The van der Waals surface area contributed by atoms with E-state index in [-0.39, 0.29) is 24.8 Å². The third kappa shape index (κ3) is 4.98. The average Bonchev–Trinajstić information content (AvgIpc) is 3.16. The van der Waals surface area contributed by atoms with Crippen molar-refractivity contribution in [2.75, 3.05) is 26.7 Å². The van der Waals surface area contributed by atoms with E-state index in [1.165, 1.54) is 19.4 Å². The second-order valence-electron chi connectivity index (χ2n) is 5.69. The summed E-state index contributed by atoms with van der Waals surface area (Å²) in [7, 11) is 1.49. The van der Waals surface area contributed by atoms with E-state index in [0.717, 1.165) is 6.42 Å². The molecular formula is C15H20F3N3O3. The molecule has 1 fully saturated rings. The molecule has 9 heteroatoms. The van der Waals surface area contributed by atoms with Crippen molar-refractivity contribution < 1.29 is 27.2 Å². The van der Waals surface area contributed by atoms with Crippen LogP contribution in [0.15, 0.2) is 22.8 Å². The Kier molecular flexibility index (Phi) is 5.87. The molecule has 2 amide bonds. The Hall–Kier alpha value is -2.03. The molecule has 1 aromatic heterocycles. The van der Waals surface area contributed by atoms with Gasteiger partial charge in [-0.15, -0.1) is 0 Å². The second kappa shape index (κ2) is 7.69. The van der Waals surface area contributed by atoms with E-state index in [1.54, 1.807) is 11.0 Å². The molecule has 0 bridgehead atoms. The highest BCUT2D eigenvalue weighted by Gasteiger charge is 2.36. The van der Waals surface area contributed by atoms with Gasteiger partial charge in [-0.05, 0) is 31.5 Å². The van der Waals surface area contributed by atoms with Crippen LogP contribution in [0.3, 0.4) is 0 Å². The molecule has 1 unspecified atom stereocenters. The van der Waals surface area contributed by atoms with Gasteiger partial charge in [0.25, 0.3) is 0 Å². The molecule has 0 saturated carbocycles. The lowest BCUT2D eigenvalue weighted by Crippen LogP contribution is -2.48. The number of carbonyl (C=O) groups excluding carboxylic acids is 2. The molecule has 1 saturated heterocycles. The first-order valence-corrected chi connectivity index (χ1v) is 7.62. The zero-order valence-corrected chi connectivity index (χ0v) is 13.3. The number of likely N-dealkylation sites (tertiary alicyclic amines) is 1. The maximum absolute atomic E-state index is 12.8. The number of rotatable bonds is 6. The summed E-state index contributed by atoms with van der Waals surface area (Å²) in [6.45, 7) is -1.34. The number of halogens is 3. The Morgan fingerprint density at radius 3 is 2.79 bits per heavy atom. The summed E-state index contributed by atoms with van der Waals surface area (Å²) in [6.07, 6.45) is -1.85. The summed E-state index contributed by atoms with van der Waals surface area (Å²) in [4.78, 5) is 26.5. The van der Waals surface area contributed by atoms with Crippen molar-refractivity contribution in [2.45, 2.75) is 31.6 Å². The number of nitrogens with zero attached hydrogens (tertiary/aromatic N) is 2. The van der Waals surface area contributed by atoms with Gasteiger partial charge >= 0.3 is 6.18 Å². The number of nitrogens with one attached hydrogen (secondary N) is 1. The van der Waals surface area contributed by atoms with Crippen molar-refractivity contribution >= 4 is 11.8 Å². The van der Waals surface area contributed by atoms with Crippen LogP contribution in [0.25, 0.3) is 0 Å². The van der Waals surface area contributed by atoms with Gasteiger partial charge in [0.15, 0.2) is 0 Å². The molecule has 1 aromatic rings. The van der Waals surface area contributed by atoms with E-state index in [1.807, 2.05) is 0 Å². The number of furan rings is 1. The Bertz CT molecular complexity index is 560. The first-order chi connectivity index (χ1) is 11.3. The van der Waals surface area contributed by atoms with Crippen molar-refractivity contribution in [3.05, 3.63) is 24.2 Å². The molecule has 2 rings (SSSR count). The van der Waals surface area contributed by atoms with Gasteiger partial charge in [-0.2, -0.15) is 13.2 Å². The molecule has 6 nitrogen and oxygen atoms in total. The summed E-state index contributed by atoms with van der Waals surface area (Å²) >= 11 is 0. The number of hydrogen-bond acceptors (Lipinski definition) is 4. The fourth-order valence-electron chi connectivity index (χ4n) is 2.79. The molecule has 0 aromatic carbocycles. The Labute approximate surface area is 137 Å². The molecule has 0 aliphatic carbocycles. The van der Waals surface area contributed by atoms with Gasteiger partial charge in [0, 0.05) is 7.05 Å². The Balaban J connectivity index is 2.05. The van der Waals surface area contributed by atoms with Gasteiger partial charge < -0.3 is 14.6 Å². The van der Waals surface area contributed by atoms with Crippen molar-refractivity contribution in [1.82, 2.24) is 15.1 Å². The smallest absolute Gasteiger partial charge is 0.406 e. The summed E-state index contributed by atoms with van der Waals surface area (Å²) in [5.74, 6) is -0.634. The van der Waals surface area contributed by atoms with Crippen LogP contribution in [0.2, 0.25) is 0 Å². The van der Waals surface area contributed by atoms with Crippen molar-refractivity contribution in [3.63, 3.8) is 0 Å². The molecular weight excluding hydrogens is 327 g/mol. The molecule has 1 atom stereocenters. The second-order valence-corrected chi connectivity index (χ2v) is 5.69. The van der Waals surface area contributed by atoms with Crippen LogP contribution in [0.4, 0.5) is 13.2 Å². The maximum atomic E-state index is 12.8. The zero-order chi connectivity index (χ0) is 17.7. The maximum Gasteiger partial charge on any atom is 0.406 e. The topological polar surface area (TPSA) is 65.8 Å². The molecule has 0 radical (unpaired) electrons. The normalized spacial score (nSPS) is 18.6. The predicted molar refractivity (Wildman–Crippen MR) is 78.8 cm³/mol. The van der Waals surface area contributed by atoms with Gasteiger partial charge in [-0.25, -0.2) is 0 Å². The summed E-state index contributed by atoms with van der Waals surface area (Å²) in [6, 6.07) is 2.59. The zero-order valence-electron chi connectivity index (χ0n) is 13.3. The minimum atomic E-state index is -4.51. The molecule has 1 aliphatic rings. The Morgan fingerprint density at radius 1 is 1.46 bits per heavy atom. The van der Waals surface area contributed by atoms with E-state index >= 15 is 0 Å². The summed E-state index contributed by atoms with van der Waals surface area (Å²) in [5, 5.41) is 2.51. The first-order valence-electron chi connectivity index (χ1n) is 7.62. The molecule has 24 heavy (non-hydrogen) atoms. The first kappa shape index (κ1) is 18.3. The van der Waals surface area contributed by atoms with Crippen LogP contribution < -0.4 is 5.32 Å².